The predicted octanol–water partition coefficient (Wildman–Crippen LogP) is 2.54. The normalized spacial score (nSPS) is 24.6. The smallest absolute Gasteiger partial charge is 0.0703 e. The second-order valence-electron chi connectivity index (χ2n) is 3.12. The van der Waals surface area contributed by atoms with Crippen LogP contribution in [0.3, 0.4) is 0 Å². The highest BCUT2D eigenvalue weighted by atomic mass is 14.2. The molecule has 0 aromatic heterocycles. The molecule has 0 heterocycles. The zero-order valence-electron chi connectivity index (χ0n) is 6.27. The lowest BCUT2D eigenvalue weighted by molar-refractivity contribution is 0.497. The number of hydrogen-bond donors (Lipinski definition) is 0. The van der Waals surface area contributed by atoms with Crippen LogP contribution in [0, 0.1) is 5.92 Å². The maximum absolute atomic E-state index is 5.88. The lowest BCUT2D eigenvalue weighted by Gasteiger charge is -2.15. The highest BCUT2D eigenvalue weighted by molar-refractivity contribution is 6.11. The molecule has 0 amide bonds. The molecule has 1 aliphatic rings. The average molecular weight is 122 g/mol. The Hall–Kier alpha value is 0.0649. The fourth-order valence-corrected chi connectivity index (χ4v) is 1.72. The standard InChI is InChI=1S/C8H15B/c1-2-8(9)7-5-3-4-6-7/h7-8H,2-6H2,1H3. The quantitative estimate of drug-likeness (QED) is 0.493. The zero-order valence-corrected chi connectivity index (χ0v) is 6.27. The Kier molecular flexibility index (Phi) is 2.62. The van der Waals surface area contributed by atoms with Crippen LogP contribution in [0.1, 0.15) is 39.0 Å². The Morgan fingerprint density at radius 2 is 2.00 bits per heavy atom. The SMILES string of the molecule is [B]C(CC)C1CCCC1. The summed E-state index contributed by atoms with van der Waals surface area (Å²) in [6.45, 7) is 2.18. The molecule has 0 N–H and O–H groups in total. The van der Waals surface area contributed by atoms with Crippen LogP contribution in [-0.4, -0.2) is 7.85 Å². The van der Waals surface area contributed by atoms with Crippen molar-refractivity contribution in [2.45, 2.75) is 44.8 Å². The van der Waals surface area contributed by atoms with Crippen molar-refractivity contribution in [3.8, 4) is 0 Å². The third-order valence-electron chi connectivity index (χ3n) is 2.48. The van der Waals surface area contributed by atoms with Gasteiger partial charge in [0.2, 0.25) is 0 Å². The van der Waals surface area contributed by atoms with Crippen LogP contribution in [0.15, 0.2) is 0 Å². The Labute approximate surface area is 59.4 Å². The molecule has 0 aromatic carbocycles. The third kappa shape index (κ3) is 1.74. The van der Waals surface area contributed by atoms with Gasteiger partial charge in [-0.15, -0.1) is 0 Å². The van der Waals surface area contributed by atoms with Crippen molar-refractivity contribution in [1.82, 2.24) is 0 Å². The van der Waals surface area contributed by atoms with Crippen LogP contribution in [0.2, 0.25) is 5.82 Å². The van der Waals surface area contributed by atoms with Crippen molar-refractivity contribution < 1.29 is 0 Å². The molecule has 0 bridgehead atoms. The number of rotatable bonds is 2. The molecule has 1 rings (SSSR count). The summed E-state index contributed by atoms with van der Waals surface area (Å²) in [7, 11) is 5.88. The van der Waals surface area contributed by atoms with Crippen LogP contribution in [0.4, 0.5) is 0 Å². The molecule has 1 fully saturated rings. The summed E-state index contributed by atoms with van der Waals surface area (Å²) in [6.07, 6.45) is 6.76. The fraction of sp³-hybridized carbons (Fsp3) is 1.00. The molecule has 1 saturated carbocycles. The second-order valence-corrected chi connectivity index (χ2v) is 3.12. The van der Waals surface area contributed by atoms with Crippen molar-refractivity contribution in [2.75, 3.05) is 0 Å². The maximum Gasteiger partial charge on any atom is 0.0703 e. The van der Waals surface area contributed by atoms with E-state index >= 15 is 0 Å². The van der Waals surface area contributed by atoms with E-state index in [1.807, 2.05) is 0 Å². The van der Waals surface area contributed by atoms with Crippen LogP contribution in [0.25, 0.3) is 0 Å². The molecular formula is C8H15B. The summed E-state index contributed by atoms with van der Waals surface area (Å²) >= 11 is 0. The van der Waals surface area contributed by atoms with Gasteiger partial charge in [0.05, 0.1) is 7.85 Å². The predicted molar refractivity (Wildman–Crippen MR) is 41.8 cm³/mol. The van der Waals surface area contributed by atoms with Gasteiger partial charge in [0.15, 0.2) is 0 Å². The maximum atomic E-state index is 5.88. The molecular weight excluding hydrogens is 107 g/mol. The molecule has 9 heavy (non-hydrogen) atoms. The largest absolute Gasteiger partial charge is 0.0749 e. The molecule has 0 aromatic rings. The van der Waals surface area contributed by atoms with Gasteiger partial charge in [0.25, 0.3) is 0 Å². The van der Waals surface area contributed by atoms with Gasteiger partial charge >= 0.3 is 0 Å². The molecule has 1 unspecified atom stereocenters. The van der Waals surface area contributed by atoms with Crippen molar-refractivity contribution in [2.24, 2.45) is 5.92 Å². The van der Waals surface area contributed by atoms with E-state index in [1.54, 1.807) is 0 Å². The van der Waals surface area contributed by atoms with E-state index in [-0.39, 0.29) is 0 Å². The van der Waals surface area contributed by atoms with E-state index < -0.39 is 0 Å². The molecule has 0 spiro atoms. The van der Waals surface area contributed by atoms with Crippen molar-refractivity contribution in [1.29, 1.82) is 0 Å². The average Bonchev–Trinajstić information content (AvgIpc) is 2.37. The number of hydrogen-bond acceptors (Lipinski definition) is 0. The van der Waals surface area contributed by atoms with E-state index in [9.17, 15) is 0 Å². The summed E-state index contributed by atoms with van der Waals surface area (Å²) in [5.74, 6) is 1.35. The minimum Gasteiger partial charge on any atom is -0.0749 e. The van der Waals surface area contributed by atoms with Gasteiger partial charge in [-0.25, -0.2) is 0 Å². The summed E-state index contributed by atoms with van der Waals surface area (Å²) in [5.41, 5.74) is 0. The monoisotopic (exact) mass is 122 g/mol. The van der Waals surface area contributed by atoms with E-state index in [2.05, 4.69) is 6.92 Å². The minimum absolute atomic E-state index is 0.493. The topological polar surface area (TPSA) is 0 Å². The van der Waals surface area contributed by atoms with Gasteiger partial charge in [-0.2, -0.15) is 0 Å². The first-order valence-corrected chi connectivity index (χ1v) is 4.10. The highest BCUT2D eigenvalue weighted by Gasteiger charge is 2.18. The van der Waals surface area contributed by atoms with Crippen LogP contribution in [0.5, 0.6) is 0 Å². The Morgan fingerprint density at radius 3 is 2.44 bits per heavy atom. The lowest BCUT2D eigenvalue weighted by atomic mass is 9.74. The Bertz CT molecular complexity index is 74.6. The van der Waals surface area contributed by atoms with Gasteiger partial charge in [0.1, 0.15) is 0 Å². The van der Waals surface area contributed by atoms with Crippen LogP contribution >= 0.6 is 0 Å². The molecule has 1 aliphatic carbocycles. The summed E-state index contributed by atoms with van der Waals surface area (Å²) in [4.78, 5) is 0. The van der Waals surface area contributed by atoms with Gasteiger partial charge < -0.3 is 0 Å². The van der Waals surface area contributed by atoms with Crippen LogP contribution in [-0.2, 0) is 0 Å². The summed E-state index contributed by atoms with van der Waals surface area (Å²) in [6, 6.07) is 0. The summed E-state index contributed by atoms with van der Waals surface area (Å²) in [5, 5.41) is 0. The van der Waals surface area contributed by atoms with Gasteiger partial charge in [-0.1, -0.05) is 44.8 Å². The first kappa shape index (κ1) is 7.18. The molecule has 1 atom stereocenters. The van der Waals surface area contributed by atoms with Gasteiger partial charge in [0, 0.05) is 0 Å². The van der Waals surface area contributed by atoms with Gasteiger partial charge in [-0.3, -0.25) is 0 Å². The molecule has 1 heteroatoms. The molecule has 0 aliphatic heterocycles. The van der Waals surface area contributed by atoms with E-state index in [4.69, 9.17) is 7.85 Å². The first-order chi connectivity index (χ1) is 4.34. The Morgan fingerprint density at radius 1 is 1.44 bits per heavy atom. The van der Waals surface area contributed by atoms with E-state index in [0.29, 0.717) is 5.82 Å². The highest BCUT2D eigenvalue weighted by Crippen LogP contribution is 2.34. The second kappa shape index (κ2) is 3.29. The zero-order chi connectivity index (χ0) is 6.69. The fourth-order valence-electron chi connectivity index (χ4n) is 1.72. The molecule has 0 saturated heterocycles. The summed E-state index contributed by atoms with van der Waals surface area (Å²) < 4.78 is 0. The Balaban J connectivity index is 2.24. The van der Waals surface area contributed by atoms with Crippen molar-refractivity contribution in [3.05, 3.63) is 0 Å². The lowest BCUT2D eigenvalue weighted by Crippen LogP contribution is -2.03. The first-order valence-electron chi connectivity index (χ1n) is 4.10. The van der Waals surface area contributed by atoms with Crippen molar-refractivity contribution in [3.63, 3.8) is 0 Å². The van der Waals surface area contributed by atoms with Crippen molar-refractivity contribution >= 4 is 7.85 Å². The minimum atomic E-state index is 0.493. The molecule has 2 radical (unpaired) electrons. The van der Waals surface area contributed by atoms with Gasteiger partial charge in [-0.05, 0) is 5.92 Å². The van der Waals surface area contributed by atoms with Crippen LogP contribution < -0.4 is 0 Å². The van der Waals surface area contributed by atoms with E-state index in [1.165, 1.54) is 25.7 Å². The van der Waals surface area contributed by atoms with E-state index in [0.717, 1.165) is 12.3 Å². The molecule has 0 nitrogen and oxygen atoms in total. The molecule has 50 valence electrons. The third-order valence-corrected chi connectivity index (χ3v) is 2.48.